The first-order valence-electron chi connectivity index (χ1n) is 6.34. The fourth-order valence-electron chi connectivity index (χ4n) is 2.54. The molecule has 5 nitrogen and oxygen atoms in total. The van der Waals surface area contributed by atoms with Crippen LogP contribution in [0.4, 0.5) is 0 Å². The molecule has 0 amide bonds. The number of hydrogen-bond donors (Lipinski definition) is 1. The molecule has 0 aliphatic carbocycles. The zero-order chi connectivity index (χ0) is 12.6. The Bertz CT molecular complexity index is 538. The largest absolute Gasteiger partial charge is 0.469 e. The maximum Gasteiger partial charge on any atom is 0.234 e. The van der Waals surface area contributed by atoms with Crippen LogP contribution in [0.5, 0.6) is 0 Å². The minimum Gasteiger partial charge on any atom is -0.469 e. The fourth-order valence-corrected chi connectivity index (χ4v) is 2.54. The molecule has 1 fully saturated rings. The first-order chi connectivity index (χ1) is 8.75. The summed E-state index contributed by atoms with van der Waals surface area (Å²) in [5, 5.41) is 7.45. The van der Waals surface area contributed by atoms with Gasteiger partial charge in [-0.1, -0.05) is 12.1 Å². The van der Waals surface area contributed by atoms with Crippen molar-refractivity contribution >= 4 is 0 Å². The topological polar surface area (TPSA) is 64.1 Å². The van der Waals surface area contributed by atoms with Crippen molar-refractivity contribution in [2.75, 3.05) is 13.1 Å². The molecule has 1 aliphatic rings. The van der Waals surface area contributed by atoms with Crippen LogP contribution < -0.4 is 5.32 Å². The van der Waals surface area contributed by atoms with E-state index in [2.05, 4.69) is 22.4 Å². The summed E-state index contributed by atoms with van der Waals surface area (Å²) in [4.78, 5) is 4.56. The summed E-state index contributed by atoms with van der Waals surface area (Å²) in [6, 6.07) is 1.87. The van der Waals surface area contributed by atoms with Crippen LogP contribution in [0.25, 0.3) is 11.4 Å². The second kappa shape index (κ2) is 4.24. The Hall–Kier alpha value is -1.62. The molecule has 0 bridgehead atoms. The predicted octanol–water partition coefficient (Wildman–Crippen LogP) is 2.28. The molecule has 1 saturated heterocycles. The van der Waals surface area contributed by atoms with Crippen molar-refractivity contribution in [1.29, 1.82) is 0 Å². The second-order valence-corrected chi connectivity index (χ2v) is 4.87. The van der Waals surface area contributed by atoms with Gasteiger partial charge in [-0.2, -0.15) is 4.98 Å². The minimum absolute atomic E-state index is 0.00287. The highest BCUT2D eigenvalue weighted by atomic mass is 16.5. The first-order valence-corrected chi connectivity index (χ1v) is 6.34. The molecule has 0 saturated carbocycles. The van der Waals surface area contributed by atoms with Crippen molar-refractivity contribution in [2.24, 2.45) is 0 Å². The first kappa shape index (κ1) is 11.5. The van der Waals surface area contributed by atoms with E-state index >= 15 is 0 Å². The molecule has 5 heteroatoms. The molecule has 0 radical (unpaired) electrons. The molecule has 3 heterocycles. The van der Waals surface area contributed by atoms with Crippen molar-refractivity contribution < 1.29 is 8.94 Å². The lowest BCUT2D eigenvalue weighted by Crippen LogP contribution is -2.28. The normalized spacial score (nSPS) is 23.7. The third kappa shape index (κ3) is 1.66. The maximum absolute atomic E-state index is 5.48. The van der Waals surface area contributed by atoms with E-state index in [9.17, 15) is 0 Å². The van der Waals surface area contributed by atoms with Gasteiger partial charge in [0.15, 0.2) is 0 Å². The predicted molar refractivity (Wildman–Crippen MR) is 66.2 cm³/mol. The van der Waals surface area contributed by atoms with Crippen molar-refractivity contribution in [2.45, 2.75) is 32.1 Å². The van der Waals surface area contributed by atoms with Crippen molar-refractivity contribution in [3.63, 3.8) is 0 Å². The molecule has 1 unspecified atom stereocenters. The second-order valence-electron chi connectivity index (χ2n) is 4.87. The number of hydrogen-bond acceptors (Lipinski definition) is 5. The van der Waals surface area contributed by atoms with Crippen molar-refractivity contribution in [1.82, 2.24) is 15.5 Å². The lowest BCUT2D eigenvalue weighted by Gasteiger charge is -2.20. The van der Waals surface area contributed by atoms with E-state index in [1.165, 1.54) is 0 Å². The van der Waals surface area contributed by atoms with Gasteiger partial charge in [0, 0.05) is 6.54 Å². The Morgan fingerprint density at radius 1 is 1.50 bits per heavy atom. The van der Waals surface area contributed by atoms with Crippen LogP contribution in [-0.4, -0.2) is 23.2 Å². The van der Waals surface area contributed by atoms with Crippen LogP contribution in [0.2, 0.25) is 0 Å². The number of aromatic nitrogens is 2. The third-order valence-corrected chi connectivity index (χ3v) is 3.90. The van der Waals surface area contributed by atoms with E-state index in [0.29, 0.717) is 5.82 Å². The van der Waals surface area contributed by atoms with Gasteiger partial charge in [0.05, 0.1) is 17.2 Å². The van der Waals surface area contributed by atoms with E-state index in [1.807, 2.05) is 13.0 Å². The summed E-state index contributed by atoms with van der Waals surface area (Å²) in [6.07, 6.45) is 3.70. The molecular formula is C13H17N3O2. The summed E-state index contributed by atoms with van der Waals surface area (Å²) >= 11 is 0. The van der Waals surface area contributed by atoms with Crippen molar-refractivity contribution in [3.05, 3.63) is 24.0 Å². The molecule has 3 rings (SSSR count). The maximum atomic E-state index is 5.48. The van der Waals surface area contributed by atoms with Gasteiger partial charge in [-0.3, -0.25) is 0 Å². The summed E-state index contributed by atoms with van der Waals surface area (Å²) in [7, 11) is 0. The molecule has 1 atom stereocenters. The quantitative estimate of drug-likeness (QED) is 0.901. The summed E-state index contributed by atoms with van der Waals surface area (Å²) < 4.78 is 10.7. The average Bonchev–Trinajstić information content (AvgIpc) is 3.08. The van der Waals surface area contributed by atoms with Crippen LogP contribution in [0, 0.1) is 6.92 Å². The number of rotatable bonds is 3. The number of furan rings is 1. The Labute approximate surface area is 106 Å². The number of nitrogens with zero attached hydrogens (tertiary/aromatic N) is 2. The number of nitrogens with one attached hydrogen (secondary N) is 1. The van der Waals surface area contributed by atoms with Gasteiger partial charge in [-0.25, -0.2) is 0 Å². The molecule has 0 aromatic carbocycles. The van der Waals surface area contributed by atoms with E-state index < -0.39 is 0 Å². The minimum atomic E-state index is 0.00287. The summed E-state index contributed by atoms with van der Waals surface area (Å²) in [5.74, 6) is 2.18. The zero-order valence-electron chi connectivity index (χ0n) is 10.7. The molecule has 0 spiro atoms. The van der Waals surface area contributed by atoms with E-state index in [0.717, 1.165) is 43.1 Å². The molecule has 96 valence electrons. The van der Waals surface area contributed by atoms with E-state index in [-0.39, 0.29) is 5.41 Å². The number of aryl methyl sites for hydroxylation is 1. The smallest absolute Gasteiger partial charge is 0.234 e. The van der Waals surface area contributed by atoms with Gasteiger partial charge in [-0.05, 0) is 32.4 Å². The lowest BCUT2D eigenvalue weighted by atomic mass is 9.84. The zero-order valence-corrected chi connectivity index (χ0v) is 10.7. The van der Waals surface area contributed by atoms with Crippen LogP contribution >= 0.6 is 0 Å². The summed E-state index contributed by atoms with van der Waals surface area (Å²) in [5.41, 5.74) is 0.908. The van der Waals surface area contributed by atoms with Crippen LogP contribution in [0.3, 0.4) is 0 Å². The van der Waals surface area contributed by atoms with Gasteiger partial charge in [0.2, 0.25) is 11.7 Å². The molecule has 2 aromatic rings. The van der Waals surface area contributed by atoms with Crippen LogP contribution in [0.1, 0.15) is 31.4 Å². The van der Waals surface area contributed by atoms with Crippen LogP contribution in [0.15, 0.2) is 21.3 Å². The third-order valence-electron chi connectivity index (χ3n) is 3.90. The van der Waals surface area contributed by atoms with E-state index in [4.69, 9.17) is 8.94 Å². The van der Waals surface area contributed by atoms with E-state index in [1.54, 1.807) is 6.26 Å². The van der Waals surface area contributed by atoms with Crippen molar-refractivity contribution in [3.8, 4) is 11.4 Å². The van der Waals surface area contributed by atoms with Gasteiger partial charge in [0.1, 0.15) is 5.76 Å². The van der Waals surface area contributed by atoms with Crippen LogP contribution in [-0.2, 0) is 5.41 Å². The average molecular weight is 247 g/mol. The van der Waals surface area contributed by atoms with Gasteiger partial charge < -0.3 is 14.3 Å². The Balaban J connectivity index is 1.96. The highest BCUT2D eigenvalue weighted by molar-refractivity contribution is 5.56. The Morgan fingerprint density at radius 3 is 3.00 bits per heavy atom. The SMILES string of the molecule is CCC1(c2nc(-c3ccoc3C)no2)CCNC1. The highest BCUT2D eigenvalue weighted by Gasteiger charge is 2.39. The monoisotopic (exact) mass is 247 g/mol. The molecular weight excluding hydrogens is 230 g/mol. The molecule has 1 N–H and O–H groups in total. The Morgan fingerprint density at radius 2 is 2.39 bits per heavy atom. The Kier molecular flexibility index (Phi) is 2.70. The molecule has 2 aromatic heterocycles. The molecule has 1 aliphatic heterocycles. The molecule has 18 heavy (non-hydrogen) atoms. The highest BCUT2D eigenvalue weighted by Crippen LogP contribution is 2.34. The fraction of sp³-hybridized carbons (Fsp3) is 0.538. The van der Waals surface area contributed by atoms with Gasteiger partial charge in [0.25, 0.3) is 0 Å². The van der Waals surface area contributed by atoms with Gasteiger partial charge >= 0.3 is 0 Å². The van der Waals surface area contributed by atoms with Gasteiger partial charge in [-0.15, -0.1) is 0 Å². The lowest BCUT2D eigenvalue weighted by molar-refractivity contribution is 0.285. The summed E-state index contributed by atoms with van der Waals surface area (Å²) in [6.45, 7) is 5.99. The standard InChI is InChI=1S/C13H17N3O2/c1-3-13(5-6-14-8-13)12-15-11(16-18-12)10-4-7-17-9(10)2/h4,7,14H,3,5-6,8H2,1-2H3.